The lowest BCUT2D eigenvalue weighted by molar-refractivity contribution is 0.251. The van der Waals surface area contributed by atoms with Crippen LogP contribution in [0.2, 0.25) is 0 Å². The molecule has 0 saturated carbocycles. The minimum Gasteiger partial charge on any atom is -0.497 e. The van der Waals surface area contributed by atoms with Crippen molar-refractivity contribution in [2.45, 2.75) is 25.9 Å². The molecule has 0 radical (unpaired) electrons. The van der Waals surface area contributed by atoms with Gasteiger partial charge in [0.2, 0.25) is 0 Å². The minimum atomic E-state index is 0. The fourth-order valence-corrected chi connectivity index (χ4v) is 3.40. The van der Waals surface area contributed by atoms with E-state index in [-0.39, 0.29) is 24.0 Å². The number of nitrogens with one attached hydrogen (secondary N) is 2. The predicted octanol–water partition coefficient (Wildman–Crippen LogP) is 3.43. The van der Waals surface area contributed by atoms with Crippen molar-refractivity contribution in [1.29, 1.82) is 0 Å². The summed E-state index contributed by atoms with van der Waals surface area (Å²) in [6.45, 7) is 4.99. The highest BCUT2D eigenvalue weighted by Crippen LogP contribution is 2.18. The van der Waals surface area contributed by atoms with E-state index in [1.54, 1.807) is 7.11 Å². The van der Waals surface area contributed by atoms with Gasteiger partial charge < -0.3 is 15.4 Å². The molecule has 152 valence electrons. The van der Waals surface area contributed by atoms with Gasteiger partial charge in [-0.2, -0.15) is 0 Å². The van der Waals surface area contributed by atoms with Crippen molar-refractivity contribution >= 4 is 29.9 Å². The number of hydrogen-bond donors (Lipinski definition) is 2. The average molecular weight is 494 g/mol. The fraction of sp³-hybridized carbons (Fsp3) is 0.409. The standard InChI is InChI=1S/C22H30N4O.HI/c1-23-22(25-16-18-8-10-21(27-2)11-9-18)24-13-5-14-26-15-12-19-6-3-4-7-20(19)17-26;/h3-4,6-11H,5,12-17H2,1-2H3,(H2,23,24,25);1H. The Morgan fingerprint density at radius 1 is 1.07 bits per heavy atom. The van der Waals surface area contributed by atoms with Crippen LogP contribution in [0.15, 0.2) is 53.5 Å². The smallest absolute Gasteiger partial charge is 0.191 e. The molecule has 1 aliphatic rings. The van der Waals surface area contributed by atoms with Crippen LogP contribution >= 0.6 is 24.0 Å². The van der Waals surface area contributed by atoms with Gasteiger partial charge in [-0.05, 0) is 41.7 Å². The van der Waals surface area contributed by atoms with Crippen LogP contribution in [0, 0.1) is 0 Å². The third-order valence-corrected chi connectivity index (χ3v) is 5.00. The quantitative estimate of drug-likeness (QED) is 0.268. The molecule has 2 aromatic rings. The van der Waals surface area contributed by atoms with Gasteiger partial charge in [-0.25, -0.2) is 0 Å². The maximum atomic E-state index is 5.19. The van der Waals surface area contributed by atoms with Crippen LogP contribution in [0.5, 0.6) is 5.75 Å². The van der Waals surface area contributed by atoms with E-state index < -0.39 is 0 Å². The molecule has 0 spiro atoms. The monoisotopic (exact) mass is 494 g/mol. The highest BCUT2D eigenvalue weighted by atomic mass is 127. The molecular formula is C22H31IN4O. The second-order valence-electron chi connectivity index (χ2n) is 6.85. The first-order valence-corrected chi connectivity index (χ1v) is 9.65. The lowest BCUT2D eigenvalue weighted by Gasteiger charge is -2.28. The Hall–Kier alpha value is -1.80. The molecule has 6 heteroatoms. The highest BCUT2D eigenvalue weighted by molar-refractivity contribution is 14.0. The molecule has 0 aromatic heterocycles. The van der Waals surface area contributed by atoms with Gasteiger partial charge >= 0.3 is 0 Å². The van der Waals surface area contributed by atoms with Crippen LogP contribution in [0.1, 0.15) is 23.1 Å². The molecule has 2 aromatic carbocycles. The molecule has 1 heterocycles. The van der Waals surface area contributed by atoms with Gasteiger partial charge in [-0.1, -0.05) is 36.4 Å². The van der Waals surface area contributed by atoms with Gasteiger partial charge in [0.05, 0.1) is 7.11 Å². The number of rotatable bonds is 7. The molecule has 0 aliphatic carbocycles. The Kier molecular flexibility index (Phi) is 9.57. The summed E-state index contributed by atoms with van der Waals surface area (Å²) in [6.07, 6.45) is 2.26. The minimum absolute atomic E-state index is 0. The zero-order valence-electron chi connectivity index (χ0n) is 16.8. The summed E-state index contributed by atoms with van der Waals surface area (Å²) >= 11 is 0. The van der Waals surface area contributed by atoms with E-state index in [1.165, 1.54) is 16.7 Å². The maximum Gasteiger partial charge on any atom is 0.191 e. The number of guanidine groups is 1. The number of fused-ring (bicyclic) bond motifs is 1. The Morgan fingerprint density at radius 2 is 1.82 bits per heavy atom. The molecule has 0 saturated heterocycles. The molecule has 0 atom stereocenters. The third-order valence-electron chi connectivity index (χ3n) is 5.00. The predicted molar refractivity (Wildman–Crippen MR) is 127 cm³/mol. The summed E-state index contributed by atoms with van der Waals surface area (Å²) in [5.41, 5.74) is 4.19. The first kappa shape index (κ1) is 22.5. The fourth-order valence-electron chi connectivity index (χ4n) is 3.40. The number of hydrogen-bond acceptors (Lipinski definition) is 3. The van der Waals surface area contributed by atoms with Crippen LogP contribution < -0.4 is 15.4 Å². The van der Waals surface area contributed by atoms with Crippen molar-refractivity contribution in [3.8, 4) is 5.75 Å². The van der Waals surface area contributed by atoms with Crippen molar-refractivity contribution in [2.24, 2.45) is 4.99 Å². The van der Waals surface area contributed by atoms with Crippen molar-refractivity contribution in [3.05, 3.63) is 65.2 Å². The molecule has 3 rings (SSSR count). The second kappa shape index (κ2) is 11.9. The SMILES string of the molecule is CN=C(NCCCN1CCc2ccccc2C1)NCc1ccc(OC)cc1.I. The molecular weight excluding hydrogens is 463 g/mol. The van der Waals surface area contributed by atoms with Crippen molar-refractivity contribution in [2.75, 3.05) is 33.8 Å². The molecule has 0 fully saturated rings. The largest absolute Gasteiger partial charge is 0.497 e. The summed E-state index contributed by atoms with van der Waals surface area (Å²) in [5.74, 6) is 1.72. The van der Waals surface area contributed by atoms with E-state index in [0.29, 0.717) is 0 Å². The lowest BCUT2D eigenvalue weighted by Crippen LogP contribution is -2.39. The number of halogens is 1. The zero-order valence-corrected chi connectivity index (χ0v) is 19.1. The van der Waals surface area contributed by atoms with Crippen LogP contribution in [0.4, 0.5) is 0 Å². The molecule has 5 nitrogen and oxygen atoms in total. The molecule has 0 amide bonds. The topological polar surface area (TPSA) is 48.9 Å². The maximum absolute atomic E-state index is 5.19. The van der Waals surface area contributed by atoms with Crippen molar-refractivity contribution in [1.82, 2.24) is 15.5 Å². The first-order valence-electron chi connectivity index (χ1n) is 9.65. The number of benzene rings is 2. The van der Waals surface area contributed by atoms with Crippen molar-refractivity contribution < 1.29 is 4.74 Å². The normalized spacial score (nSPS) is 14.0. The molecule has 0 bridgehead atoms. The Labute approximate surface area is 185 Å². The number of aliphatic imine (C=N–C) groups is 1. The van der Waals surface area contributed by atoms with Crippen LogP contribution in [-0.2, 0) is 19.5 Å². The van der Waals surface area contributed by atoms with E-state index in [0.717, 1.165) is 57.3 Å². The molecule has 1 aliphatic heterocycles. The number of nitrogens with zero attached hydrogens (tertiary/aromatic N) is 2. The molecule has 0 unspecified atom stereocenters. The Bertz CT molecular complexity index is 748. The lowest BCUT2D eigenvalue weighted by atomic mass is 10.00. The third kappa shape index (κ3) is 6.67. The zero-order chi connectivity index (χ0) is 18.9. The van der Waals surface area contributed by atoms with E-state index in [2.05, 4.69) is 56.9 Å². The Balaban J connectivity index is 0.00000280. The summed E-state index contributed by atoms with van der Waals surface area (Å²) in [6, 6.07) is 16.9. The number of methoxy groups -OCH3 is 1. The van der Waals surface area contributed by atoms with Gasteiger partial charge in [-0.3, -0.25) is 9.89 Å². The molecule has 2 N–H and O–H groups in total. The van der Waals surface area contributed by atoms with E-state index >= 15 is 0 Å². The summed E-state index contributed by atoms with van der Waals surface area (Å²) in [7, 11) is 3.49. The first-order chi connectivity index (χ1) is 13.3. The van der Waals surface area contributed by atoms with Crippen LogP contribution in [0.25, 0.3) is 0 Å². The van der Waals surface area contributed by atoms with Gasteiger partial charge in [0, 0.05) is 39.8 Å². The highest BCUT2D eigenvalue weighted by Gasteiger charge is 2.14. The number of ether oxygens (including phenoxy) is 1. The molecule has 28 heavy (non-hydrogen) atoms. The summed E-state index contributed by atoms with van der Waals surface area (Å²) in [5, 5.41) is 6.77. The van der Waals surface area contributed by atoms with Gasteiger partial charge in [-0.15, -0.1) is 24.0 Å². The van der Waals surface area contributed by atoms with Gasteiger partial charge in [0.15, 0.2) is 5.96 Å². The van der Waals surface area contributed by atoms with Crippen molar-refractivity contribution in [3.63, 3.8) is 0 Å². The average Bonchev–Trinajstić information content (AvgIpc) is 2.73. The van der Waals surface area contributed by atoms with Gasteiger partial charge in [0.25, 0.3) is 0 Å². The van der Waals surface area contributed by atoms with E-state index in [1.807, 2.05) is 19.2 Å². The second-order valence-corrected chi connectivity index (χ2v) is 6.85. The van der Waals surface area contributed by atoms with Crippen LogP contribution in [0.3, 0.4) is 0 Å². The Morgan fingerprint density at radius 3 is 2.54 bits per heavy atom. The van der Waals surface area contributed by atoms with E-state index in [9.17, 15) is 0 Å². The van der Waals surface area contributed by atoms with E-state index in [4.69, 9.17) is 4.74 Å². The summed E-state index contributed by atoms with van der Waals surface area (Å²) < 4.78 is 5.19. The summed E-state index contributed by atoms with van der Waals surface area (Å²) in [4.78, 5) is 6.85. The van der Waals surface area contributed by atoms with Gasteiger partial charge in [0.1, 0.15) is 5.75 Å². The van der Waals surface area contributed by atoms with Crippen LogP contribution in [-0.4, -0.2) is 44.7 Å².